The van der Waals surface area contributed by atoms with Crippen LogP contribution in [-0.2, 0) is 9.53 Å². The number of rotatable bonds is 6. The van der Waals surface area contributed by atoms with E-state index in [1.807, 2.05) is 0 Å². The number of quaternary nitrogens is 1. The van der Waals surface area contributed by atoms with Crippen molar-refractivity contribution in [2.45, 2.75) is 40.7 Å². The van der Waals surface area contributed by atoms with Crippen molar-refractivity contribution in [2.24, 2.45) is 0 Å². The molecule has 18 heavy (non-hydrogen) atoms. The molecule has 0 aliphatic carbocycles. The molecule has 4 nitrogen and oxygen atoms in total. The molecule has 0 saturated heterocycles. The second kappa shape index (κ2) is 14.5. The Balaban J connectivity index is -0.000000251. The number of hydrogen-bond donors (Lipinski definition) is 2. The van der Waals surface area contributed by atoms with E-state index in [0.29, 0.717) is 5.57 Å². The minimum atomic E-state index is -0.608. The molecule has 0 spiro atoms. The fourth-order valence-corrected chi connectivity index (χ4v) is 1.07. The Morgan fingerprint density at radius 2 is 1.67 bits per heavy atom. The Labute approximate surface area is 117 Å². The maximum atomic E-state index is 10.6. The molecular formula is C13H28ClNO3. The molecular weight excluding hydrogens is 254 g/mol. The summed E-state index contributed by atoms with van der Waals surface area (Å²) in [5.74, 6) is -0.457. The lowest BCUT2D eigenvalue weighted by molar-refractivity contribution is -0.894. The Hall–Kier alpha value is -0.580. The highest BCUT2D eigenvalue weighted by Gasteiger charge is 2.03. The molecule has 1 unspecified atom stereocenters. The van der Waals surface area contributed by atoms with Gasteiger partial charge in [-0.25, -0.2) is 4.79 Å². The first kappa shape index (κ1) is 22.6. The summed E-state index contributed by atoms with van der Waals surface area (Å²) >= 11 is 0. The lowest BCUT2D eigenvalue weighted by Crippen LogP contribution is -3.11. The summed E-state index contributed by atoms with van der Waals surface area (Å²) in [6.45, 7) is 17.0. The van der Waals surface area contributed by atoms with Crippen molar-refractivity contribution in [2.75, 3.05) is 26.2 Å². The first-order valence-electron chi connectivity index (χ1n) is 6.23. The average Bonchev–Trinajstić information content (AvgIpc) is 2.28. The van der Waals surface area contributed by atoms with Crippen LogP contribution in [0.5, 0.6) is 0 Å². The molecule has 0 rings (SSSR count). The molecule has 5 heteroatoms. The van der Waals surface area contributed by atoms with Gasteiger partial charge in [0.05, 0.1) is 25.7 Å². The van der Waals surface area contributed by atoms with Crippen LogP contribution in [-0.4, -0.2) is 43.4 Å². The lowest BCUT2D eigenvalue weighted by atomic mass is 10.3. The average molecular weight is 282 g/mol. The molecule has 0 radical (unpaired) electrons. The molecule has 0 aliphatic heterocycles. The molecule has 110 valence electrons. The van der Waals surface area contributed by atoms with E-state index in [4.69, 9.17) is 5.11 Å². The highest BCUT2D eigenvalue weighted by molar-refractivity contribution is 5.86. The summed E-state index contributed by atoms with van der Waals surface area (Å²) < 4.78 is 4.58. The van der Waals surface area contributed by atoms with Gasteiger partial charge in [-0.2, -0.15) is 0 Å². The molecule has 0 bridgehead atoms. The number of nitrogens with one attached hydrogen (secondary N) is 1. The van der Waals surface area contributed by atoms with Crippen molar-refractivity contribution in [3.63, 3.8) is 0 Å². The standard InChI is InChI=1S/C7H12O3.C6H15N.ClH/c1-5(2)7(9)10-4-6(3)8;1-4-7(5-2)6-3;/h6,8H,1,4H2,2-3H3;4-6H2,1-3H3;1H. The molecule has 0 fully saturated rings. The van der Waals surface area contributed by atoms with Gasteiger partial charge < -0.3 is 27.2 Å². The first-order chi connectivity index (χ1) is 7.88. The second-order valence-electron chi connectivity index (χ2n) is 4.04. The van der Waals surface area contributed by atoms with Crippen molar-refractivity contribution in [3.8, 4) is 0 Å². The van der Waals surface area contributed by atoms with Gasteiger partial charge in [0.2, 0.25) is 0 Å². The van der Waals surface area contributed by atoms with Crippen LogP contribution < -0.4 is 17.3 Å². The Morgan fingerprint density at radius 1 is 1.28 bits per heavy atom. The zero-order valence-electron chi connectivity index (χ0n) is 12.3. The number of carbonyl (C=O) groups is 1. The number of esters is 1. The normalized spacial score (nSPS) is 10.8. The minimum Gasteiger partial charge on any atom is -1.00 e. The number of halogens is 1. The van der Waals surface area contributed by atoms with Gasteiger partial charge in [0.15, 0.2) is 0 Å². The van der Waals surface area contributed by atoms with Crippen LogP contribution in [0.2, 0.25) is 0 Å². The molecule has 0 heterocycles. The van der Waals surface area contributed by atoms with Crippen molar-refractivity contribution in [1.29, 1.82) is 0 Å². The predicted octanol–water partition coefficient (Wildman–Crippen LogP) is -2.58. The second-order valence-corrected chi connectivity index (χ2v) is 4.04. The lowest BCUT2D eigenvalue weighted by Gasteiger charge is -2.10. The van der Waals surface area contributed by atoms with Gasteiger partial charge in [-0.15, -0.1) is 0 Å². The largest absolute Gasteiger partial charge is 1.00 e. The van der Waals surface area contributed by atoms with Crippen LogP contribution in [0.15, 0.2) is 12.2 Å². The van der Waals surface area contributed by atoms with Crippen molar-refractivity contribution in [3.05, 3.63) is 12.2 Å². The van der Waals surface area contributed by atoms with Gasteiger partial charge in [-0.3, -0.25) is 0 Å². The molecule has 0 amide bonds. The number of ether oxygens (including phenoxy) is 1. The Bertz CT molecular complexity index is 211. The Morgan fingerprint density at radius 3 is 1.83 bits per heavy atom. The molecule has 2 N–H and O–H groups in total. The van der Waals surface area contributed by atoms with Gasteiger partial charge in [0.1, 0.15) is 6.61 Å². The van der Waals surface area contributed by atoms with E-state index in [-0.39, 0.29) is 19.0 Å². The van der Waals surface area contributed by atoms with Crippen LogP contribution in [0.3, 0.4) is 0 Å². The summed E-state index contributed by atoms with van der Waals surface area (Å²) in [7, 11) is 0. The summed E-state index contributed by atoms with van der Waals surface area (Å²) in [5, 5.41) is 8.68. The minimum absolute atomic E-state index is 0. The van der Waals surface area contributed by atoms with E-state index in [1.165, 1.54) is 19.6 Å². The van der Waals surface area contributed by atoms with Gasteiger partial charge in [0.25, 0.3) is 0 Å². The van der Waals surface area contributed by atoms with Crippen molar-refractivity contribution < 1.29 is 31.9 Å². The van der Waals surface area contributed by atoms with Gasteiger partial charge in [0, 0.05) is 5.57 Å². The maximum absolute atomic E-state index is 10.6. The third kappa shape index (κ3) is 15.4. The fraction of sp³-hybridized carbons (Fsp3) is 0.769. The summed E-state index contributed by atoms with van der Waals surface area (Å²) in [6.07, 6.45) is -0.608. The molecule has 0 aromatic heterocycles. The molecule has 0 saturated carbocycles. The van der Waals surface area contributed by atoms with E-state index >= 15 is 0 Å². The maximum Gasteiger partial charge on any atom is 0.333 e. The molecule has 0 aromatic carbocycles. The zero-order valence-corrected chi connectivity index (χ0v) is 13.0. The van der Waals surface area contributed by atoms with Gasteiger partial charge >= 0.3 is 5.97 Å². The van der Waals surface area contributed by atoms with Crippen LogP contribution in [0.25, 0.3) is 0 Å². The molecule has 0 aliphatic rings. The van der Waals surface area contributed by atoms with Crippen LogP contribution >= 0.6 is 0 Å². The highest BCUT2D eigenvalue weighted by atomic mass is 35.5. The number of aliphatic hydroxyl groups excluding tert-OH is 1. The smallest absolute Gasteiger partial charge is 0.333 e. The number of carbonyl (C=O) groups excluding carboxylic acids is 1. The van der Waals surface area contributed by atoms with Crippen molar-refractivity contribution in [1.82, 2.24) is 0 Å². The summed E-state index contributed by atoms with van der Waals surface area (Å²) in [6, 6.07) is 0. The Kier molecular flexibility index (Phi) is 18.2. The third-order valence-corrected chi connectivity index (χ3v) is 2.30. The quantitative estimate of drug-likeness (QED) is 0.415. The molecule has 0 aromatic rings. The SMILES string of the molecule is C=C(C)C(=O)OCC(C)O.CC[NH+](CC)CC.[Cl-]. The topological polar surface area (TPSA) is 51.0 Å². The number of aliphatic hydroxyl groups is 1. The van der Waals surface area contributed by atoms with E-state index in [9.17, 15) is 4.79 Å². The molecule has 1 atom stereocenters. The van der Waals surface area contributed by atoms with E-state index in [2.05, 4.69) is 32.1 Å². The van der Waals surface area contributed by atoms with Crippen LogP contribution in [0.1, 0.15) is 34.6 Å². The predicted molar refractivity (Wildman–Crippen MR) is 70.0 cm³/mol. The van der Waals surface area contributed by atoms with E-state index in [0.717, 1.165) is 0 Å². The number of hydrogen-bond acceptors (Lipinski definition) is 3. The first-order valence-corrected chi connectivity index (χ1v) is 6.23. The third-order valence-electron chi connectivity index (χ3n) is 2.30. The highest BCUT2D eigenvalue weighted by Crippen LogP contribution is 1.92. The fourth-order valence-electron chi connectivity index (χ4n) is 1.07. The van der Waals surface area contributed by atoms with Gasteiger partial charge in [-0.1, -0.05) is 6.58 Å². The van der Waals surface area contributed by atoms with E-state index < -0.39 is 12.1 Å². The van der Waals surface area contributed by atoms with Crippen LogP contribution in [0, 0.1) is 0 Å². The summed E-state index contributed by atoms with van der Waals surface area (Å²) in [4.78, 5) is 12.3. The zero-order chi connectivity index (χ0) is 13.8. The monoisotopic (exact) mass is 281 g/mol. The van der Waals surface area contributed by atoms with E-state index in [1.54, 1.807) is 18.7 Å². The van der Waals surface area contributed by atoms with Crippen molar-refractivity contribution >= 4 is 5.97 Å². The van der Waals surface area contributed by atoms with Crippen LogP contribution in [0.4, 0.5) is 0 Å². The van der Waals surface area contributed by atoms with Gasteiger partial charge in [-0.05, 0) is 34.6 Å². The summed E-state index contributed by atoms with van der Waals surface area (Å²) in [5.41, 5.74) is 0.348.